The highest BCUT2D eigenvalue weighted by Crippen LogP contribution is 2.37. The van der Waals surface area contributed by atoms with Gasteiger partial charge in [-0.05, 0) is 52.6 Å². The molecule has 0 N–H and O–H groups in total. The molecule has 2 heterocycles. The van der Waals surface area contributed by atoms with Gasteiger partial charge >= 0.3 is 7.12 Å². The van der Waals surface area contributed by atoms with Gasteiger partial charge in [0.1, 0.15) is 0 Å². The summed E-state index contributed by atoms with van der Waals surface area (Å²) in [6.07, 6.45) is 0.130. The van der Waals surface area contributed by atoms with Crippen molar-refractivity contribution in [1.82, 2.24) is 4.90 Å². The molecule has 0 aromatic heterocycles. The van der Waals surface area contributed by atoms with Gasteiger partial charge < -0.3 is 14.2 Å². The average molecular weight is 365 g/mol. The van der Waals surface area contributed by atoms with Gasteiger partial charge in [-0.3, -0.25) is 4.79 Å². The Labute approximate surface area is 154 Å². The number of rotatable bonds is 2. The van der Waals surface area contributed by atoms with Crippen LogP contribution in [0.3, 0.4) is 0 Å². The largest absolute Gasteiger partial charge is 0.495 e. The molecule has 1 aromatic rings. The molecule has 4 nitrogen and oxygen atoms in total. The molecular weight excluding hydrogens is 339 g/mol. The summed E-state index contributed by atoms with van der Waals surface area (Å²) in [5, 5.41) is 0. The van der Waals surface area contributed by atoms with E-state index in [1.54, 1.807) is 12.1 Å². The fraction of sp³-hybridized carbons (Fsp3) is 0.632. The van der Waals surface area contributed by atoms with E-state index in [1.807, 2.05) is 40.7 Å². The number of hydrogen-bond donors (Lipinski definition) is 0. The van der Waals surface area contributed by atoms with Gasteiger partial charge in [0.15, 0.2) is 0 Å². The number of halogens is 2. The lowest BCUT2D eigenvalue weighted by atomic mass is 9.73. The quantitative estimate of drug-likeness (QED) is 0.756. The molecule has 0 bridgehead atoms. The molecule has 2 fully saturated rings. The number of likely N-dealkylation sites (tertiary alicyclic amines) is 1. The van der Waals surface area contributed by atoms with Crippen molar-refractivity contribution in [2.45, 2.75) is 64.6 Å². The molecule has 2 saturated heterocycles. The Morgan fingerprint density at radius 1 is 1.15 bits per heavy atom. The maximum Gasteiger partial charge on any atom is 0.495 e. The topological polar surface area (TPSA) is 38.8 Å². The molecule has 0 aliphatic carbocycles. The Hall–Kier alpha value is -1.47. The average Bonchev–Trinajstić information content (AvgIpc) is 2.73. The van der Waals surface area contributed by atoms with Crippen molar-refractivity contribution in [3.63, 3.8) is 0 Å². The van der Waals surface area contributed by atoms with Gasteiger partial charge in [-0.1, -0.05) is 17.7 Å². The molecule has 0 radical (unpaired) electrons. The molecule has 7 heteroatoms. The van der Waals surface area contributed by atoms with Crippen LogP contribution >= 0.6 is 0 Å². The maximum absolute atomic E-state index is 13.8. The summed E-state index contributed by atoms with van der Waals surface area (Å²) in [7, 11) is -0.703. The highest BCUT2D eigenvalue weighted by molar-refractivity contribution is 6.64. The fourth-order valence-corrected chi connectivity index (χ4v) is 3.45. The number of benzene rings is 1. The summed E-state index contributed by atoms with van der Waals surface area (Å²) >= 11 is 0. The third kappa shape index (κ3) is 3.39. The van der Waals surface area contributed by atoms with Crippen LogP contribution in [-0.2, 0) is 9.31 Å². The Bertz CT molecular complexity index is 705. The lowest BCUT2D eigenvalue weighted by Gasteiger charge is -2.33. The highest BCUT2D eigenvalue weighted by Gasteiger charge is 2.53. The van der Waals surface area contributed by atoms with Crippen molar-refractivity contribution in [2.75, 3.05) is 13.1 Å². The van der Waals surface area contributed by atoms with Crippen molar-refractivity contribution in [3.05, 3.63) is 29.3 Å². The van der Waals surface area contributed by atoms with Gasteiger partial charge in [0.05, 0.1) is 17.7 Å². The summed E-state index contributed by atoms with van der Waals surface area (Å²) in [6.45, 7) is 9.45. The number of carbonyl (C=O) groups excluding carboxylic acids is 1. The number of amides is 1. The molecule has 1 amide bonds. The summed E-state index contributed by atoms with van der Waals surface area (Å²) < 4.78 is 39.8. The number of carbonyl (C=O) groups is 1. The molecule has 1 aromatic carbocycles. The molecule has 0 atom stereocenters. The lowest BCUT2D eigenvalue weighted by molar-refractivity contribution is -0.0560. The van der Waals surface area contributed by atoms with Gasteiger partial charge in [-0.25, -0.2) is 8.78 Å². The zero-order valence-electron chi connectivity index (χ0n) is 16.1. The van der Waals surface area contributed by atoms with Crippen LogP contribution in [0.25, 0.3) is 0 Å². The lowest BCUT2D eigenvalue weighted by Crippen LogP contribution is -2.48. The van der Waals surface area contributed by atoms with E-state index in [1.165, 1.54) is 4.90 Å². The standard InChI is InChI=1S/C19H26BF2NO3/c1-13-8-6-9-14(16(24)23-11-7-10-19(21,22)12-23)15(13)20-25-17(2,3)18(4,5)26-20/h6,8-9H,7,10-12H2,1-5H3. The van der Waals surface area contributed by atoms with Gasteiger partial charge in [0.2, 0.25) is 0 Å². The van der Waals surface area contributed by atoms with Crippen molar-refractivity contribution in [2.24, 2.45) is 0 Å². The van der Waals surface area contributed by atoms with Crippen LogP contribution in [0.5, 0.6) is 0 Å². The van der Waals surface area contributed by atoms with Crippen molar-refractivity contribution in [3.8, 4) is 0 Å². The van der Waals surface area contributed by atoms with E-state index in [4.69, 9.17) is 9.31 Å². The van der Waals surface area contributed by atoms with E-state index in [0.717, 1.165) is 5.56 Å². The van der Waals surface area contributed by atoms with Crippen molar-refractivity contribution in [1.29, 1.82) is 0 Å². The second-order valence-corrected chi connectivity index (χ2v) is 8.31. The Kier molecular flexibility index (Phi) is 4.68. The van der Waals surface area contributed by atoms with Crippen molar-refractivity contribution < 1.29 is 22.9 Å². The number of alkyl halides is 2. The monoisotopic (exact) mass is 365 g/mol. The van der Waals surface area contributed by atoms with Gasteiger partial charge in [-0.2, -0.15) is 0 Å². The number of aryl methyl sites for hydroxylation is 1. The number of piperidine rings is 1. The van der Waals surface area contributed by atoms with E-state index in [9.17, 15) is 13.6 Å². The number of hydrogen-bond acceptors (Lipinski definition) is 3. The van der Waals surface area contributed by atoms with Crippen LogP contribution in [-0.4, -0.2) is 48.1 Å². The molecule has 142 valence electrons. The minimum Gasteiger partial charge on any atom is -0.399 e. The van der Waals surface area contributed by atoms with E-state index >= 15 is 0 Å². The summed E-state index contributed by atoms with van der Waals surface area (Å²) in [6, 6.07) is 5.31. The highest BCUT2D eigenvalue weighted by atomic mass is 19.3. The van der Waals surface area contributed by atoms with Crippen LogP contribution in [0.1, 0.15) is 56.5 Å². The van der Waals surface area contributed by atoms with E-state index < -0.39 is 36.7 Å². The maximum atomic E-state index is 13.8. The molecule has 0 unspecified atom stereocenters. The minimum absolute atomic E-state index is 0.172. The smallest absolute Gasteiger partial charge is 0.399 e. The van der Waals surface area contributed by atoms with Crippen molar-refractivity contribution >= 4 is 18.5 Å². The van der Waals surface area contributed by atoms with E-state index in [2.05, 4.69) is 0 Å². The molecule has 2 aliphatic heterocycles. The van der Waals surface area contributed by atoms with Crippen LogP contribution in [0.15, 0.2) is 18.2 Å². The third-order valence-corrected chi connectivity index (χ3v) is 5.72. The second kappa shape index (κ2) is 6.31. The van der Waals surface area contributed by atoms with Gasteiger partial charge in [0, 0.05) is 18.5 Å². The zero-order valence-corrected chi connectivity index (χ0v) is 16.1. The first-order valence-electron chi connectivity index (χ1n) is 9.06. The first-order chi connectivity index (χ1) is 11.9. The fourth-order valence-electron chi connectivity index (χ4n) is 3.45. The predicted octanol–water partition coefficient (Wildman–Crippen LogP) is 3.17. The number of nitrogens with zero attached hydrogens (tertiary/aromatic N) is 1. The molecule has 26 heavy (non-hydrogen) atoms. The molecule has 0 spiro atoms. The van der Waals surface area contributed by atoms with E-state index in [-0.39, 0.29) is 6.42 Å². The van der Waals surface area contributed by atoms with Crippen LogP contribution in [0.2, 0.25) is 0 Å². The normalized spacial score (nSPS) is 24.0. The minimum atomic E-state index is -2.83. The van der Waals surface area contributed by atoms with Gasteiger partial charge in [0.25, 0.3) is 11.8 Å². The van der Waals surface area contributed by atoms with Gasteiger partial charge in [-0.15, -0.1) is 0 Å². The van der Waals surface area contributed by atoms with E-state index in [0.29, 0.717) is 24.0 Å². The first kappa shape index (κ1) is 19.3. The summed E-state index contributed by atoms with van der Waals surface area (Å²) in [5.74, 6) is -3.22. The third-order valence-electron chi connectivity index (χ3n) is 5.72. The molecular formula is C19H26BF2NO3. The Balaban J connectivity index is 1.95. The van der Waals surface area contributed by atoms with Crippen LogP contribution < -0.4 is 5.46 Å². The van der Waals surface area contributed by atoms with Crippen LogP contribution in [0.4, 0.5) is 8.78 Å². The Morgan fingerprint density at radius 2 is 1.77 bits per heavy atom. The SMILES string of the molecule is Cc1cccc(C(=O)N2CCCC(F)(F)C2)c1B1OC(C)(C)C(C)(C)O1. The van der Waals surface area contributed by atoms with Crippen LogP contribution in [0, 0.1) is 6.92 Å². The second-order valence-electron chi connectivity index (χ2n) is 8.31. The predicted molar refractivity (Wildman–Crippen MR) is 97.0 cm³/mol. The molecule has 2 aliphatic rings. The first-order valence-corrected chi connectivity index (χ1v) is 9.06. The molecule has 0 saturated carbocycles. The Morgan fingerprint density at radius 3 is 2.35 bits per heavy atom. The molecule has 3 rings (SSSR count). The summed E-state index contributed by atoms with van der Waals surface area (Å²) in [4.78, 5) is 14.3. The zero-order chi connectivity index (χ0) is 19.3. The summed E-state index contributed by atoms with van der Waals surface area (Å²) in [5.41, 5.74) is 0.765.